The van der Waals surface area contributed by atoms with Gasteiger partial charge in [0.05, 0.1) is 6.07 Å². The molecule has 1 saturated heterocycles. The van der Waals surface area contributed by atoms with E-state index < -0.39 is 0 Å². The monoisotopic (exact) mass is 390 g/mol. The first-order valence-corrected chi connectivity index (χ1v) is 10.6. The standard InChI is InChI=1S/C25H27FN2O/c26-22-8-4-7-21(17-22)24(29)28-15-12-25(11-14-27,13-16-28)10-9-20-18-23(20)19-5-2-1-3-6-19/h1-8,17,20,23H,9-13,15-16,18H2. The van der Waals surface area contributed by atoms with Gasteiger partial charge in [-0.3, -0.25) is 4.79 Å². The van der Waals surface area contributed by atoms with Gasteiger partial charge in [-0.25, -0.2) is 4.39 Å². The van der Waals surface area contributed by atoms with E-state index in [1.807, 2.05) is 4.90 Å². The van der Waals surface area contributed by atoms with Crippen molar-refractivity contribution in [2.45, 2.75) is 44.4 Å². The second-order valence-corrected chi connectivity index (χ2v) is 8.69. The number of halogens is 1. The van der Waals surface area contributed by atoms with Crippen LogP contribution in [0.1, 0.15) is 60.4 Å². The Hall–Kier alpha value is -2.67. The van der Waals surface area contributed by atoms with Crippen LogP contribution in [0, 0.1) is 28.5 Å². The van der Waals surface area contributed by atoms with Crippen LogP contribution in [0.3, 0.4) is 0 Å². The number of piperidine rings is 1. The molecule has 0 N–H and O–H groups in total. The maximum Gasteiger partial charge on any atom is 0.253 e. The molecule has 1 aliphatic carbocycles. The van der Waals surface area contributed by atoms with Gasteiger partial charge < -0.3 is 4.90 Å². The van der Waals surface area contributed by atoms with Crippen LogP contribution in [-0.4, -0.2) is 23.9 Å². The van der Waals surface area contributed by atoms with E-state index in [0.717, 1.165) is 31.6 Å². The minimum atomic E-state index is -0.385. The summed E-state index contributed by atoms with van der Waals surface area (Å²) in [6.07, 6.45) is 5.71. The van der Waals surface area contributed by atoms with Crippen LogP contribution in [0.5, 0.6) is 0 Å². The molecule has 4 heteroatoms. The normalized spacial score (nSPS) is 22.7. The molecule has 0 spiro atoms. The third kappa shape index (κ3) is 4.50. The minimum absolute atomic E-state index is 0.0112. The smallest absolute Gasteiger partial charge is 0.253 e. The van der Waals surface area contributed by atoms with Gasteiger partial charge in [-0.05, 0) is 73.1 Å². The van der Waals surface area contributed by atoms with Crippen LogP contribution in [-0.2, 0) is 0 Å². The molecule has 2 atom stereocenters. The molecule has 0 radical (unpaired) electrons. The lowest BCUT2D eigenvalue weighted by Gasteiger charge is -2.41. The summed E-state index contributed by atoms with van der Waals surface area (Å²) in [4.78, 5) is 14.5. The quantitative estimate of drug-likeness (QED) is 0.649. The zero-order valence-electron chi connectivity index (χ0n) is 16.7. The number of amides is 1. The molecule has 1 amide bonds. The number of rotatable bonds is 6. The SMILES string of the molecule is N#CCC1(CCC2CC2c2ccccc2)CCN(C(=O)c2cccc(F)c2)CC1. The fourth-order valence-electron chi connectivity index (χ4n) is 4.84. The van der Waals surface area contributed by atoms with Crippen molar-refractivity contribution in [2.75, 3.05) is 13.1 Å². The molecule has 1 saturated carbocycles. The maximum atomic E-state index is 13.4. The molecule has 1 heterocycles. The van der Waals surface area contributed by atoms with Crippen molar-refractivity contribution in [3.05, 3.63) is 71.5 Å². The summed E-state index contributed by atoms with van der Waals surface area (Å²) in [7, 11) is 0. The molecular weight excluding hydrogens is 363 g/mol. The van der Waals surface area contributed by atoms with Gasteiger partial charge in [0.15, 0.2) is 0 Å². The van der Waals surface area contributed by atoms with Crippen molar-refractivity contribution in [3.8, 4) is 6.07 Å². The van der Waals surface area contributed by atoms with Gasteiger partial charge in [0, 0.05) is 25.1 Å². The lowest BCUT2D eigenvalue weighted by Crippen LogP contribution is -2.43. The van der Waals surface area contributed by atoms with Gasteiger partial charge in [0.2, 0.25) is 0 Å². The van der Waals surface area contributed by atoms with Crippen LogP contribution >= 0.6 is 0 Å². The van der Waals surface area contributed by atoms with E-state index in [9.17, 15) is 14.4 Å². The minimum Gasteiger partial charge on any atom is -0.339 e. The Morgan fingerprint density at radius 2 is 1.90 bits per heavy atom. The zero-order chi connectivity index (χ0) is 20.3. The van der Waals surface area contributed by atoms with Crippen molar-refractivity contribution < 1.29 is 9.18 Å². The van der Waals surface area contributed by atoms with Gasteiger partial charge in [-0.2, -0.15) is 5.26 Å². The number of likely N-dealkylation sites (tertiary alicyclic amines) is 1. The number of benzene rings is 2. The molecule has 0 bridgehead atoms. The molecule has 3 nitrogen and oxygen atoms in total. The van der Waals surface area contributed by atoms with Gasteiger partial charge in [0.1, 0.15) is 5.82 Å². The highest BCUT2D eigenvalue weighted by atomic mass is 19.1. The molecule has 150 valence electrons. The second kappa shape index (κ2) is 8.37. The molecule has 4 rings (SSSR count). The first kappa shape index (κ1) is 19.6. The number of carbonyl (C=O) groups is 1. The average molecular weight is 391 g/mol. The van der Waals surface area contributed by atoms with Crippen molar-refractivity contribution in [1.82, 2.24) is 4.90 Å². The number of nitriles is 1. The number of hydrogen-bond acceptors (Lipinski definition) is 2. The molecule has 0 aromatic heterocycles. The summed E-state index contributed by atoms with van der Waals surface area (Å²) in [5, 5.41) is 9.41. The summed E-state index contributed by atoms with van der Waals surface area (Å²) < 4.78 is 13.4. The topological polar surface area (TPSA) is 44.1 Å². The highest BCUT2D eigenvalue weighted by Crippen LogP contribution is 2.52. The average Bonchev–Trinajstić information content (AvgIpc) is 3.53. The fourth-order valence-corrected chi connectivity index (χ4v) is 4.84. The molecule has 2 aliphatic rings. The van der Waals surface area contributed by atoms with Crippen LogP contribution in [0.2, 0.25) is 0 Å². The predicted molar refractivity (Wildman–Crippen MR) is 111 cm³/mol. The van der Waals surface area contributed by atoms with Gasteiger partial charge in [-0.15, -0.1) is 0 Å². The molecular formula is C25H27FN2O. The molecule has 2 unspecified atom stereocenters. The molecule has 1 aliphatic heterocycles. The Balaban J connectivity index is 1.33. The van der Waals surface area contributed by atoms with Gasteiger partial charge >= 0.3 is 0 Å². The highest BCUT2D eigenvalue weighted by molar-refractivity contribution is 5.94. The predicted octanol–water partition coefficient (Wildman–Crippen LogP) is 5.55. The van der Waals surface area contributed by atoms with Crippen molar-refractivity contribution in [1.29, 1.82) is 5.26 Å². The first-order chi connectivity index (χ1) is 14.1. The van der Waals surface area contributed by atoms with E-state index >= 15 is 0 Å². The van der Waals surface area contributed by atoms with Gasteiger partial charge in [-0.1, -0.05) is 36.4 Å². The highest BCUT2D eigenvalue weighted by Gasteiger charge is 2.41. The van der Waals surface area contributed by atoms with E-state index in [-0.39, 0.29) is 17.1 Å². The largest absolute Gasteiger partial charge is 0.339 e. The van der Waals surface area contributed by atoms with E-state index in [4.69, 9.17) is 0 Å². The molecule has 2 aromatic carbocycles. The number of carbonyl (C=O) groups excluding carboxylic acids is 1. The van der Waals surface area contributed by atoms with E-state index in [0.29, 0.717) is 31.0 Å². The third-order valence-corrected chi connectivity index (χ3v) is 6.83. The van der Waals surface area contributed by atoms with Crippen molar-refractivity contribution in [3.63, 3.8) is 0 Å². The number of hydrogen-bond donors (Lipinski definition) is 0. The zero-order valence-corrected chi connectivity index (χ0v) is 16.7. The van der Waals surface area contributed by atoms with Crippen LogP contribution in [0.15, 0.2) is 54.6 Å². The Morgan fingerprint density at radius 1 is 1.14 bits per heavy atom. The summed E-state index contributed by atoms with van der Waals surface area (Å²) in [5.74, 6) is 0.899. The molecule has 2 aromatic rings. The molecule has 2 fully saturated rings. The van der Waals surface area contributed by atoms with Crippen molar-refractivity contribution in [2.24, 2.45) is 11.3 Å². The van der Waals surface area contributed by atoms with E-state index in [2.05, 4.69) is 36.4 Å². The Bertz CT molecular complexity index is 897. The summed E-state index contributed by atoms with van der Waals surface area (Å²) >= 11 is 0. The first-order valence-electron chi connectivity index (χ1n) is 10.6. The maximum absolute atomic E-state index is 13.4. The van der Waals surface area contributed by atoms with E-state index in [1.165, 1.54) is 24.1 Å². The fraction of sp³-hybridized carbons (Fsp3) is 0.440. The Morgan fingerprint density at radius 3 is 2.59 bits per heavy atom. The van der Waals surface area contributed by atoms with Crippen molar-refractivity contribution >= 4 is 5.91 Å². The summed E-state index contributed by atoms with van der Waals surface area (Å²) in [5.41, 5.74) is 1.85. The summed E-state index contributed by atoms with van der Waals surface area (Å²) in [6.45, 7) is 1.29. The lowest BCUT2D eigenvalue weighted by atomic mass is 9.72. The van der Waals surface area contributed by atoms with Crippen LogP contribution < -0.4 is 0 Å². The molecule has 29 heavy (non-hydrogen) atoms. The Kier molecular flexibility index (Phi) is 5.67. The van der Waals surface area contributed by atoms with Crippen LogP contribution in [0.25, 0.3) is 0 Å². The van der Waals surface area contributed by atoms with Gasteiger partial charge in [0.25, 0.3) is 5.91 Å². The summed E-state index contributed by atoms with van der Waals surface area (Å²) in [6, 6.07) is 19.0. The van der Waals surface area contributed by atoms with Crippen LogP contribution in [0.4, 0.5) is 4.39 Å². The Labute approximate surface area is 172 Å². The third-order valence-electron chi connectivity index (χ3n) is 6.83. The number of nitrogens with zero attached hydrogens (tertiary/aromatic N) is 2. The second-order valence-electron chi connectivity index (χ2n) is 8.69. The van der Waals surface area contributed by atoms with E-state index in [1.54, 1.807) is 12.1 Å². The lowest BCUT2D eigenvalue weighted by molar-refractivity contribution is 0.0557.